The first-order valence-corrected chi connectivity index (χ1v) is 4.69. The van der Waals surface area contributed by atoms with Crippen molar-refractivity contribution in [2.45, 2.75) is 0 Å². The van der Waals surface area contributed by atoms with Crippen molar-refractivity contribution < 1.29 is 4.79 Å². The van der Waals surface area contributed by atoms with Gasteiger partial charge in [-0.15, -0.1) is 0 Å². The predicted molar refractivity (Wildman–Crippen MR) is 57.6 cm³/mol. The third-order valence-electron chi connectivity index (χ3n) is 1.50. The van der Waals surface area contributed by atoms with Crippen LogP contribution in [0.25, 0.3) is 0 Å². The molecule has 0 aliphatic heterocycles. The summed E-state index contributed by atoms with van der Waals surface area (Å²) in [5.41, 5.74) is 2.99. The molecule has 1 aromatic carbocycles. The predicted octanol–water partition coefficient (Wildman–Crippen LogP) is 2.20. The summed E-state index contributed by atoms with van der Waals surface area (Å²) in [4.78, 5) is 11.5. The van der Waals surface area contributed by atoms with E-state index in [1.807, 2.05) is 0 Å². The van der Waals surface area contributed by atoms with E-state index in [0.29, 0.717) is 15.6 Å². The minimum absolute atomic E-state index is 0.253. The van der Waals surface area contributed by atoms with E-state index in [0.717, 1.165) is 0 Å². The van der Waals surface area contributed by atoms with Gasteiger partial charge in [-0.05, 0) is 18.2 Å². The van der Waals surface area contributed by atoms with Gasteiger partial charge < -0.3 is 0 Å². The second-order valence-corrected chi connectivity index (χ2v) is 3.80. The Labute approximate surface area is 92.6 Å². The van der Waals surface area contributed by atoms with E-state index < -0.39 is 0 Å². The molecule has 0 fully saturated rings. The zero-order chi connectivity index (χ0) is 10.7. The van der Waals surface area contributed by atoms with Gasteiger partial charge in [0.1, 0.15) is 0 Å². The summed E-state index contributed by atoms with van der Waals surface area (Å²) in [6, 6.07) is 4.75. The van der Waals surface area contributed by atoms with Gasteiger partial charge in [0.25, 0.3) is 5.91 Å². The van der Waals surface area contributed by atoms with Crippen molar-refractivity contribution in [1.29, 1.82) is 0 Å². The lowest BCUT2D eigenvalue weighted by Crippen LogP contribution is -2.36. The highest BCUT2D eigenvalue weighted by molar-refractivity contribution is 6.36. The van der Waals surface area contributed by atoms with E-state index in [9.17, 15) is 4.79 Å². The summed E-state index contributed by atoms with van der Waals surface area (Å²) in [5.74, 6) is -0.253. The third-order valence-corrected chi connectivity index (χ3v) is 2.05. The molecule has 0 aliphatic carbocycles. The minimum atomic E-state index is -0.253. The molecule has 1 aromatic rings. The van der Waals surface area contributed by atoms with Crippen molar-refractivity contribution in [1.82, 2.24) is 10.4 Å². The van der Waals surface area contributed by atoms with Crippen molar-refractivity contribution in [3.63, 3.8) is 0 Å². The Bertz CT molecular complexity index is 353. The summed E-state index contributed by atoms with van der Waals surface area (Å²) in [7, 11) is 3.45. The highest BCUT2D eigenvalue weighted by Crippen LogP contribution is 2.20. The molecule has 76 valence electrons. The normalized spacial score (nSPS) is 10.4. The van der Waals surface area contributed by atoms with Gasteiger partial charge >= 0.3 is 0 Å². The largest absolute Gasteiger partial charge is 0.285 e. The van der Waals surface area contributed by atoms with Crippen molar-refractivity contribution in [2.24, 2.45) is 0 Å². The Morgan fingerprint density at radius 2 is 2.00 bits per heavy atom. The summed E-state index contributed by atoms with van der Waals surface area (Å²) in [5, 5.41) is 2.40. The first-order valence-electron chi connectivity index (χ1n) is 3.94. The molecule has 14 heavy (non-hydrogen) atoms. The molecule has 1 rings (SSSR count). The molecule has 0 radical (unpaired) electrons. The lowest BCUT2D eigenvalue weighted by atomic mass is 10.2. The summed E-state index contributed by atoms with van der Waals surface area (Å²) >= 11 is 11.5. The Kier molecular flexibility index (Phi) is 3.75. The molecule has 1 N–H and O–H groups in total. The maximum atomic E-state index is 11.5. The Balaban J connectivity index is 2.90. The van der Waals surface area contributed by atoms with Crippen LogP contribution in [-0.2, 0) is 0 Å². The summed E-state index contributed by atoms with van der Waals surface area (Å²) in [6.07, 6.45) is 0. The van der Waals surface area contributed by atoms with Crippen LogP contribution >= 0.6 is 23.2 Å². The van der Waals surface area contributed by atoms with Crippen molar-refractivity contribution >= 4 is 29.1 Å². The van der Waals surface area contributed by atoms with Crippen molar-refractivity contribution in [2.75, 3.05) is 14.1 Å². The number of nitrogens with one attached hydrogen (secondary N) is 1. The third kappa shape index (κ3) is 2.87. The second-order valence-electron chi connectivity index (χ2n) is 2.96. The smallest absolute Gasteiger partial charge is 0.267 e. The Morgan fingerprint density at radius 1 is 1.36 bits per heavy atom. The van der Waals surface area contributed by atoms with E-state index in [1.54, 1.807) is 31.2 Å². The fourth-order valence-corrected chi connectivity index (χ4v) is 1.43. The second kappa shape index (κ2) is 4.64. The fraction of sp³-hybridized carbons (Fsp3) is 0.222. The molecule has 0 spiro atoms. The quantitative estimate of drug-likeness (QED) is 0.794. The van der Waals surface area contributed by atoms with Crippen LogP contribution in [0.15, 0.2) is 18.2 Å². The molecule has 0 saturated heterocycles. The average Bonchev–Trinajstić information content (AvgIpc) is 2.01. The molecule has 3 nitrogen and oxygen atoms in total. The van der Waals surface area contributed by atoms with Crippen LogP contribution in [0.4, 0.5) is 0 Å². The van der Waals surface area contributed by atoms with Crippen molar-refractivity contribution in [3.8, 4) is 0 Å². The molecule has 0 bridgehead atoms. The van der Waals surface area contributed by atoms with Gasteiger partial charge in [-0.1, -0.05) is 23.2 Å². The standard InChI is InChI=1S/C9H10Cl2N2O/c1-13(2)12-9(14)7-4-3-6(10)5-8(7)11/h3-5H,1-2H3,(H,12,14). The van der Waals surface area contributed by atoms with E-state index in [2.05, 4.69) is 5.43 Å². The van der Waals surface area contributed by atoms with E-state index >= 15 is 0 Å². The number of carbonyl (C=O) groups is 1. The monoisotopic (exact) mass is 232 g/mol. The first-order chi connectivity index (χ1) is 6.50. The van der Waals surface area contributed by atoms with Crippen LogP contribution in [0.3, 0.4) is 0 Å². The molecule has 0 unspecified atom stereocenters. The van der Waals surface area contributed by atoms with Crippen LogP contribution in [0, 0.1) is 0 Å². The molecule has 0 aliphatic rings. The maximum absolute atomic E-state index is 11.5. The molecular formula is C9H10Cl2N2O. The Hall–Kier alpha value is -0.770. The maximum Gasteiger partial charge on any atom is 0.267 e. The number of hydrogen-bond acceptors (Lipinski definition) is 2. The summed E-state index contributed by atoms with van der Waals surface area (Å²) < 4.78 is 0. The van der Waals surface area contributed by atoms with Gasteiger partial charge in [0, 0.05) is 19.1 Å². The SMILES string of the molecule is CN(C)NC(=O)c1ccc(Cl)cc1Cl. The Morgan fingerprint density at radius 3 is 2.50 bits per heavy atom. The van der Waals surface area contributed by atoms with Gasteiger partial charge in [-0.25, -0.2) is 5.01 Å². The topological polar surface area (TPSA) is 32.3 Å². The van der Waals surface area contributed by atoms with Crippen LogP contribution < -0.4 is 5.43 Å². The molecule has 1 amide bonds. The molecule has 5 heteroatoms. The first kappa shape index (κ1) is 11.3. The molecule has 0 heterocycles. The molecule has 0 saturated carbocycles. The van der Waals surface area contributed by atoms with Crippen LogP contribution in [0.2, 0.25) is 10.0 Å². The zero-order valence-electron chi connectivity index (χ0n) is 7.84. The van der Waals surface area contributed by atoms with Gasteiger partial charge in [0.2, 0.25) is 0 Å². The minimum Gasteiger partial charge on any atom is -0.285 e. The van der Waals surface area contributed by atoms with E-state index in [4.69, 9.17) is 23.2 Å². The molecular weight excluding hydrogens is 223 g/mol. The van der Waals surface area contributed by atoms with E-state index in [-0.39, 0.29) is 5.91 Å². The molecule has 0 aromatic heterocycles. The zero-order valence-corrected chi connectivity index (χ0v) is 9.36. The lowest BCUT2D eigenvalue weighted by Gasteiger charge is -2.12. The van der Waals surface area contributed by atoms with Crippen molar-refractivity contribution in [3.05, 3.63) is 33.8 Å². The highest BCUT2D eigenvalue weighted by Gasteiger charge is 2.10. The number of carbonyl (C=O) groups excluding carboxylic acids is 1. The number of amides is 1. The van der Waals surface area contributed by atoms with Crippen LogP contribution in [-0.4, -0.2) is 25.0 Å². The van der Waals surface area contributed by atoms with Gasteiger partial charge in [0.15, 0.2) is 0 Å². The summed E-state index contributed by atoms with van der Waals surface area (Å²) in [6.45, 7) is 0. The number of benzene rings is 1. The number of halogens is 2. The number of rotatable bonds is 2. The van der Waals surface area contributed by atoms with E-state index in [1.165, 1.54) is 6.07 Å². The number of nitrogens with zero attached hydrogens (tertiary/aromatic N) is 1. The highest BCUT2D eigenvalue weighted by atomic mass is 35.5. The van der Waals surface area contributed by atoms with Gasteiger partial charge in [-0.2, -0.15) is 0 Å². The number of hydrazine groups is 1. The lowest BCUT2D eigenvalue weighted by molar-refractivity contribution is 0.0857. The molecule has 0 atom stereocenters. The van der Waals surface area contributed by atoms with Crippen LogP contribution in [0.1, 0.15) is 10.4 Å². The van der Waals surface area contributed by atoms with Gasteiger partial charge in [-0.3, -0.25) is 10.2 Å². The van der Waals surface area contributed by atoms with Gasteiger partial charge in [0.05, 0.1) is 10.6 Å². The fourth-order valence-electron chi connectivity index (χ4n) is 0.937. The average molecular weight is 233 g/mol. The number of hydrogen-bond donors (Lipinski definition) is 1. The van der Waals surface area contributed by atoms with Crippen LogP contribution in [0.5, 0.6) is 0 Å².